The van der Waals surface area contributed by atoms with Crippen molar-refractivity contribution in [2.24, 2.45) is 0 Å². The number of fused-ring (bicyclic) bond motifs is 1. The molecule has 4 rings (SSSR count). The van der Waals surface area contributed by atoms with Crippen LogP contribution in [0.15, 0.2) is 72.8 Å². The van der Waals surface area contributed by atoms with Crippen LogP contribution in [0.4, 0.5) is 11.5 Å². The largest absolute Gasteiger partial charge is 0.300 e. The predicted molar refractivity (Wildman–Crippen MR) is 108 cm³/mol. The fraction of sp³-hybridized carbons (Fsp3) is 0.0909. The molecule has 0 aliphatic carbocycles. The second-order valence-electron chi connectivity index (χ2n) is 6.40. The zero-order chi connectivity index (χ0) is 17.9. The minimum atomic E-state index is 0.704. The van der Waals surface area contributed by atoms with Gasteiger partial charge in [-0.1, -0.05) is 54.1 Å². The van der Waals surface area contributed by atoms with Gasteiger partial charge in [-0.2, -0.15) is 0 Å². The molecule has 0 saturated carbocycles. The third kappa shape index (κ3) is 3.35. The van der Waals surface area contributed by atoms with Gasteiger partial charge in [-0.15, -0.1) is 0 Å². The standard InChI is InChI=1S/C22H20N4/c1-15-8-11-18(12-9-15)25-26-22-21(17-6-4-3-5-7-17)23-19-13-10-16(2)14-20(19)24-22/h3-14,25H,1-2H3,(H,24,26). The summed E-state index contributed by atoms with van der Waals surface area (Å²) < 4.78 is 0. The Morgan fingerprint density at radius 2 is 1.38 bits per heavy atom. The molecule has 0 spiro atoms. The molecule has 4 nitrogen and oxygen atoms in total. The van der Waals surface area contributed by atoms with Gasteiger partial charge in [0.2, 0.25) is 0 Å². The Hall–Kier alpha value is -3.40. The van der Waals surface area contributed by atoms with Crippen molar-refractivity contribution in [3.8, 4) is 11.3 Å². The topological polar surface area (TPSA) is 49.8 Å². The van der Waals surface area contributed by atoms with Crippen molar-refractivity contribution in [1.82, 2.24) is 9.97 Å². The van der Waals surface area contributed by atoms with Crippen LogP contribution in [0.25, 0.3) is 22.3 Å². The quantitative estimate of drug-likeness (QED) is 0.492. The van der Waals surface area contributed by atoms with E-state index in [2.05, 4.69) is 42.9 Å². The molecule has 0 amide bonds. The normalized spacial score (nSPS) is 10.7. The van der Waals surface area contributed by atoms with Gasteiger partial charge in [0.25, 0.3) is 0 Å². The van der Waals surface area contributed by atoms with Gasteiger partial charge in [-0.05, 0) is 43.7 Å². The molecule has 0 unspecified atom stereocenters. The summed E-state index contributed by atoms with van der Waals surface area (Å²) in [4.78, 5) is 9.66. The first kappa shape index (κ1) is 16.1. The summed E-state index contributed by atoms with van der Waals surface area (Å²) in [6.45, 7) is 4.13. The Labute approximate surface area is 152 Å². The van der Waals surface area contributed by atoms with Crippen molar-refractivity contribution >= 4 is 22.5 Å². The summed E-state index contributed by atoms with van der Waals surface area (Å²) in [6, 6.07) is 24.4. The third-order valence-corrected chi connectivity index (χ3v) is 4.24. The van der Waals surface area contributed by atoms with E-state index in [9.17, 15) is 0 Å². The van der Waals surface area contributed by atoms with Crippen molar-refractivity contribution in [3.63, 3.8) is 0 Å². The molecule has 0 saturated heterocycles. The predicted octanol–water partition coefficient (Wildman–Crippen LogP) is 5.35. The van der Waals surface area contributed by atoms with Gasteiger partial charge in [0.15, 0.2) is 5.82 Å². The second-order valence-corrected chi connectivity index (χ2v) is 6.40. The highest BCUT2D eigenvalue weighted by atomic mass is 15.4. The number of nitrogens with zero attached hydrogens (tertiary/aromatic N) is 2. The first-order valence-corrected chi connectivity index (χ1v) is 8.61. The molecule has 0 fully saturated rings. The molecule has 3 aromatic carbocycles. The average molecular weight is 340 g/mol. The molecule has 0 radical (unpaired) electrons. The number of hydrazine groups is 1. The molecule has 1 aromatic heterocycles. The summed E-state index contributed by atoms with van der Waals surface area (Å²) in [5, 5.41) is 0. The van der Waals surface area contributed by atoms with Crippen LogP contribution in [0.3, 0.4) is 0 Å². The van der Waals surface area contributed by atoms with Gasteiger partial charge in [-0.25, -0.2) is 9.97 Å². The molecule has 0 aliphatic rings. The lowest BCUT2D eigenvalue weighted by Crippen LogP contribution is -2.12. The average Bonchev–Trinajstić information content (AvgIpc) is 2.67. The molecular weight excluding hydrogens is 320 g/mol. The second kappa shape index (κ2) is 6.84. The van der Waals surface area contributed by atoms with Crippen molar-refractivity contribution < 1.29 is 0 Å². The summed E-state index contributed by atoms with van der Waals surface area (Å²) in [5.74, 6) is 0.704. The van der Waals surface area contributed by atoms with E-state index in [1.807, 2.05) is 54.6 Å². The molecule has 0 bridgehead atoms. The summed E-state index contributed by atoms with van der Waals surface area (Å²) in [7, 11) is 0. The van der Waals surface area contributed by atoms with E-state index < -0.39 is 0 Å². The van der Waals surface area contributed by atoms with E-state index in [-0.39, 0.29) is 0 Å². The molecular formula is C22H20N4. The zero-order valence-electron chi connectivity index (χ0n) is 14.8. The lowest BCUT2D eigenvalue weighted by atomic mass is 10.1. The van der Waals surface area contributed by atoms with Gasteiger partial charge in [0, 0.05) is 5.56 Å². The third-order valence-electron chi connectivity index (χ3n) is 4.24. The van der Waals surface area contributed by atoms with Crippen LogP contribution in [0.2, 0.25) is 0 Å². The number of benzene rings is 3. The first-order chi connectivity index (χ1) is 12.7. The fourth-order valence-electron chi connectivity index (χ4n) is 2.82. The van der Waals surface area contributed by atoms with Gasteiger partial charge in [-0.3, -0.25) is 10.9 Å². The number of anilines is 2. The van der Waals surface area contributed by atoms with Crippen LogP contribution in [-0.2, 0) is 0 Å². The molecule has 128 valence electrons. The maximum absolute atomic E-state index is 4.85. The van der Waals surface area contributed by atoms with E-state index in [4.69, 9.17) is 9.97 Å². The molecule has 26 heavy (non-hydrogen) atoms. The monoisotopic (exact) mass is 340 g/mol. The number of aromatic nitrogens is 2. The van der Waals surface area contributed by atoms with Gasteiger partial charge < -0.3 is 0 Å². The Kier molecular flexibility index (Phi) is 4.23. The van der Waals surface area contributed by atoms with Crippen LogP contribution in [0.1, 0.15) is 11.1 Å². The summed E-state index contributed by atoms with van der Waals surface area (Å²) in [5.41, 5.74) is 13.4. The van der Waals surface area contributed by atoms with Crippen LogP contribution in [0.5, 0.6) is 0 Å². The number of hydrogen-bond donors (Lipinski definition) is 2. The van der Waals surface area contributed by atoms with Crippen LogP contribution in [-0.4, -0.2) is 9.97 Å². The van der Waals surface area contributed by atoms with E-state index >= 15 is 0 Å². The fourth-order valence-corrected chi connectivity index (χ4v) is 2.82. The Morgan fingerprint density at radius 3 is 2.15 bits per heavy atom. The Bertz CT molecular complexity index is 1040. The van der Waals surface area contributed by atoms with Gasteiger partial charge in [0.05, 0.1) is 16.7 Å². The van der Waals surface area contributed by atoms with Gasteiger partial charge in [0.1, 0.15) is 5.69 Å². The van der Waals surface area contributed by atoms with Crippen molar-refractivity contribution in [2.75, 3.05) is 10.9 Å². The zero-order valence-corrected chi connectivity index (χ0v) is 14.8. The number of rotatable bonds is 4. The summed E-state index contributed by atoms with van der Waals surface area (Å²) in [6.07, 6.45) is 0. The molecule has 2 N–H and O–H groups in total. The van der Waals surface area contributed by atoms with Gasteiger partial charge >= 0.3 is 0 Å². The van der Waals surface area contributed by atoms with Crippen molar-refractivity contribution in [2.45, 2.75) is 13.8 Å². The number of aryl methyl sites for hydroxylation is 2. The summed E-state index contributed by atoms with van der Waals surface area (Å²) >= 11 is 0. The minimum absolute atomic E-state index is 0.704. The highest BCUT2D eigenvalue weighted by molar-refractivity contribution is 5.84. The van der Waals surface area contributed by atoms with E-state index in [1.54, 1.807) is 0 Å². The van der Waals surface area contributed by atoms with Crippen molar-refractivity contribution in [3.05, 3.63) is 83.9 Å². The smallest absolute Gasteiger partial charge is 0.171 e. The van der Waals surface area contributed by atoms with Crippen LogP contribution in [0, 0.1) is 13.8 Å². The molecule has 4 aromatic rings. The first-order valence-electron chi connectivity index (χ1n) is 8.61. The lowest BCUT2D eigenvalue weighted by molar-refractivity contribution is 1.24. The van der Waals surface area contributed by atoms with Crippen LogP contribution < -0.4 is 10.9 Å². The SMILES string of the molecule is Cc1ccc(NNc2nc3cc(C)ccc3nc2-c2ccccc2)cc1. The Balaban J connectivity index is 1.75. The molecule has 0 aliphatic heterocycles. The van der Waals surface area contributed by atoms with Crippen LogP contribution >= 0.6 is 0 Å². The van der Waals surface area contributed by atoms with E-state index in [0.29, 0.717) is 5.82 Å². The molecule has 1 heterocycles. The highest BCUT2D eigenvalue weighted by Gasteiger charge is 2.11. The lowest BCUT2D eigenvalue weighted by Gasteiger charge is -2.14. The highest BCUT2D eigenvalue weighted by Crippen LogP contribution is 2.27. The molecule has 0 atom stereocenters. The Morgan fingerprint density at radius 1 is 0.654 bits per heavy atom. The number of hydrogen-bond acceptors (Lipinski definition) is 4. The van der Waals surface area contributed by atoms with Crippen molar-refractivity contribution in [1.29, 1.82) is 0 Å². The van der Waals surface area contributed by atoms with E-state index in [1.165, 1.54) is 5.56 Å². The maximum atomic E-state index is 4.85. The number of nitrogens with one attached hydrogen (secondary N) is 2. The maximum Gasteiger partial charge on any atom is 0.171 e. The van der Waals surface area contributed by atoms with E-state index in [0.717, 1.165) is 33.5 Å². The minimum Gasteiger partial charge on any atom is -0.300 e. The molecule has 4 heteroatoms.